The van der Waals surface area contributed by atoms with E-state index in [0.29, 0.717) is 6.08 Å². The smallest absolute Gasteiger partial charge is 0.200 e. The maximum Gasteiger partial charge on any atom is 0.200 e. The molecule has 0 unspecified atom stereocenters. The molecule has 220 valence electrons. The van der Waals surface area contributed by atoms with E-state index in [0.717, 1.165) is 12.1 Å². The third-order valence-electron chi connectivity index (χ3n) is 6.47. The summed E-state index contributed by atoms with van der Waals surface area (Å²) in [6, 6.07) is 5.82. The minimum Gasteiger partial charge on any atom is -0.230 e. The van der Waals surface area contributed by atoms with Crippen LogP contribution >= 0.6 is 0 Å². The number of hydrogen-bond acceptors (Lipinski definition) is 0. The molecule has 0 spiro atoms. The molecule has 0 aliphatic heterocycles. The van der Waals surface area contributed by atoms with Crippen molar-refractivity contribution < 1.29 is 65.9 Å². The van der Waals surface area contributed by atoms with Crippen LogP contribution in [-0.2, 0) is 0 Å². The Kier molecular flexibility index (Phi) is 7.87. The highest BCUT2D eigenvalue weighted by molar-refractivity contribution is 7.15. The van der Waals surface area contributed by atoms with Gasteiger partial charge in [0.15, 0.2) is 52.4 Å². The second-order valence-electron chi connectivity index (χ2n) is 8.65. The first-order chi connectivity index (χ1) is 19.6. The van der Waals surface area contributed by atoms with Gasteiger partial charge in [-0.1, -0.05) is 36.4 Å². The topological polar surface area (TPSA) is 0 Å². The van der Waals surface area contributed by atoms with Crippen molar-refractivity contribution in [3.63, 3.8) is 0 Å². The second kappa shape index (κ2) is 10.8. The molecular weight excluding hydrogens is 608 g/mol. The first-order valence-corrected chi connectivity index (χ1v) is 11.1. The summed E-state index contributed by atoms with van der Waals surface area (Å²) in [7, 11) is 0. The van der Waals surface area contributed by atoms with E-state index >= 15 is 26.3 Å². The van der Waals surface area contributed by atoms with Crippen molar-refractivity contribution in [3.8, 4) is 0 Å². The molecule has 0 N–H and O–H groups in total. The van der Waals surface area contributed by atoms with Crippen LogP contribution in [0.5, 0.6) is 0 Å². The normalized spacial score (nSPS) is 12.1. The van der Waals surface area contributed by atoms with Gasteiger partial charge in [0.2, 0.25) is 0 Å². The minimum absolute atomic E-state index is 0.176. The Morgan fingerprint density at radius 3 is 0.833 bits per heavy atom. The summed E-state index contributed by atoms with van der Waals surface area (Å²) < 4.78 is 220. The van der Waals surface area contributed by atoms with Crippen LogP contribution in [0, 0.1) is 87.3 Å². The van der Waals surface area contributed by atoms with Crippen LogP contribution in [0.1, 0.15) is 5.56 Å². The van der Waals surface area contributed by atoms with E-state index in [1.54, 1.807) is 0 Å². The number of benzene rings is 4. The molecule has 0 atom stereocenters. The molecule has 0 fully saturated rings. The number of hydrogen-bond donors (Lipinski definition) is 0. The average molecular weight is 615 g/mol. The Morgan fingerprint density at radius 2 is 0.571 bits per heavy atom. The largest absolute Gasteiger partial charge is 0.230 e. The molecule has 0 radical (unpaired) electrons. The molecule has 0 nitrogen and oxygen atoms in total. The maximum absolute atomic E-state index is 15.3. The van der Waals surface area contributed by atoms with Gasteiger partial charge >= 0.3 is 0 Å². The Morgan fingerprint density at radius 1 is 0.333 bits per heavy atom. The highest BCUT2D eigenvalue weighted by atomic mass is 19.2. The molecule has 42 heavy (non-hydrogen) atoms. The first-order valence-electron chi connectivity index (χ1n) is 11.1. The lowest BCUT2D eigenvalue weighted by Gasteiger charge is -2.41. The van der Waals surface area contributed by atoms with Gasteiger partial charge in [-0.25, -0.2) is 71.8 Å². The van der Waals surface area contributed by atoms with Crippen molar-refractivity contribution in [2.45, 2.75) is 0 Å². The molecule has 0 bridgehead atoms. The molecule has 0 amide bonds. The Balaban J connectivity index is 2.47. The lowest BCUT2D eigenvalue weighted by Crippen LogP contribution is -2.72. The minimum atomic E-state index is -5.72. The fourth-order valence-corrected chi connectivity index (χ4v) is 4.61. The average Bonchev–Trinajstić information content (AvgIpc) is 2.98. The van der Waals surface area contributed by atoms with Crippen LogP contribution < -0.4 is 16.4 Å². The quantitative estimate of drug-likeness (QED) is 0.104. The molecule has 16 heteroatoms. The summed E-state index contributed by atoms with van der Waals surface area (Å²) in [5.41, 5.74) is -8.35. The highest BCUT2D eigenvalue weighted by Crippen LogP contribution is 2.29. The zero-order valence-corrected chi connectivity index (χ0v) is 19.8. The van der Waals surface area contributed by atoms with Crippen molar-refractivity contribution in [1.29, 1.82) is 0 Å². The van der Waals surface area contributed by atoms with Crippen molar-refractivity contribution in [2.75, 3.05) is 0 Å². The standard InChI is InChI=1S/C26H7BF15/c28-12-9(13(29)19(35)24(40)18(12)34)27(7-6-8-4-2-1-3-5-8,10-14(30)20(36)25(41)21(37)15(10)31)11-16(32)22(38)26(42)23(39)17(11)33/h1-7H/q-1. The van der Waals surface area contributed by atoms with Gasteiger partial charge < -0.3 is 0 Å². The third-order valence-corrected chi connectivity index (χ3v) is 6.47. The van der Waals surface area contributed by atoms with Crippen LogP contribution in [-0.4, -0.2) is 6.15 Å². The zero-order chi connectivity index (χ0) is 31.4. The molecule has 0 aliphatic carbocycles. The third kappa shape index (κ3) is 4.31. The fraction of sp³-hybridized carbons (Fsp3) is 0. The van der Waals surface area contributed by atoms with Crippen LogP contribution in [0.15, 0.2) is 36.3 Å². The van der Waals surface area contributed by atoms with Crippen LogP contribution in [0.4, 0.5) is 65.9 Å². The molecular formula is C26H7BF15-. The monoisotopic (exact) mass is 615 g/mol. The zero-order valence-electron chi connectivity index (χ0n) is 19.8. The molecule has 4 aromatic carbocycles. The van der Waals surface area contributed by atoms with Crippen LogP contribution in [0.25, 0.3) is 6.08 Å². The van der Waals surface area contributed by atoms with E-state index < -0.39 is 110 Å². The molecule has 0 aliphatic rings. The highest BCUT2D eigenvalue weighted by Gasteiger charge is 2.46. The van der Waals surface area contributed by atoms with Gasteiger partial charge in [0.25, 0.3) is 0 Å². The second-order valence-corrected chi connectivity index (χ2v) is 8.65. The van der Waals surface area contributed by atoms with E-state index in [2.05, 4.69) is 0 Å². The maximum atomic E-state index is 15.3. The summed E-state index contributed by atoms with van der Waals surface area (Å²) in [5, 5.41) is 0. The fourth-order valence-electron chi connectivity index (χ4n) is 4.61. The molecule has 0 saturated heterocycles. The molecule has 4 aromatic rings. The SMILES string of the molecule is Fc1c(F)c(F)c([B-](C=Cc2ccccc2)(c2c(F)c(F)c(F)c(F)c2F)c2c(F)c(F)c(F)c(F)c2F)c(F)c1F. The molecule has 4 rings (SSSR count). The van der Waals surface area contributed by atoms with Crippen molar-refractivity contribution >= 4 is 28.6 Å². The predicted molar refractivity (Wildman–Crippen MR) is 119 cm³/mol. The van der Waals surface area contributed by atoms with Crippen molar-refractivity contribution in [3.05, 3.63) is 129 Å². The Bertz CT molecular complexity index is 1530. The van der Waals surface area contributed by atoms with Gasteiger partial charge in [-0.2, -0.15) is 0 Å². The summed E-state index contributed by atoms with van der Waals surface area (Å²) in [6.45, 7) is 0. The molecule has 0 saturated carbocycles. The van der Waals surface area contributed by atoms with Gasteiger partial charge in [0, 0.05) is 0 Å². The van der Waals surface area contributed by atoms with Crippen molar-refractivity contribution in [1.82, 2.24) is 0 Å². The van der Waals surface area contributed by atoms with E-state index in [4.69, 9.17) is 0 Å². The van der Waals surface area contributed by atoms with Crippen LogP contribution in [0.3, 0.4) is 0 Å². The molecule has 0 aromatic heterocycles. The summed E-state index contributed by atoms with van der Waals surface area (Å²) >= 11 is 0. The van der Waals surface area contributed by atoms with Gasteiger partial charge in [-0.05, 0) is 5.56 Å². The first kappa shape index (κ1) is 30.6. The van der Waals surface area contributed by atoms with Gasteiger partial charge in [-0.3, -0.25) is 0 Å². The van der Waals surface area contributed by atoms with E-state index in [1.165, 1.54) is 18.2 Å². The van der Waals surface area contributed by atoms with E-state index in [1.807, 2.05) is 0 Å². The number of halogens is 15. The lowest BCUT2D eigenvalue weighted by atomic mass is 9.15. The van der Waals surface area contributed by atoms with Gasteiger partial charge in [0.1, 0.15) is 41.0 Å². The molecule has 0 heterocycles. The van der Waals surface area contributed by atoms with Crippen molar-refractivity contribution in [2.24, 2.45) is 0 Å². The van der Waals surface area contributed by atoms with Gasteiger partial charge in [-0.15, -0.1) is 16.4 Å². The van der Waals surface area contributed by atoms with E-state index in [9.17, 15) is 39.5 Å². The number of rotatable bonds is 5. The Labute approximate surface area is 224 Å². The van der Waals surface area contributed by atoms with Crippen LogP contribution in [0.2, 0.25) is 0 Å². The summed E-state index contributed by atoms with van der Waals surface area (Å²) in [4.78, 5) is 0. The lowest BCUT2D eigenvalue weighted by molar-refractivity contribution is 0.380. The summed E-state index contributed by atoms with van der Waals surface area (Å²) in [5.74, 6) is -45.8. The van der Waals surface area contributed by atoms with E-state index in [-0.39, 0.29) is 11.5 Å². The summed E-state index contributed by atoms with van der Waals surface area (Å²) in [6.07, 6.45) is -5.32. The Hall–Kier alpha value is -4.37. The predicted octanol–water partition coefficient (Wildman–Crippen LogP) is 6.50. The van der Waals surface area contributed by atoms with Gasteiger partial charge in [0.05, 0.1) is 0 Å².